The van der Waals surface area contributed by atoms with Crippen LogP contribution in [0.2, 0.25) is 0 Å². The standard InChI is InChI=1S/C18H23N3O3/c1-12-4-3-5-16(13(12)2)20-17(22)10-23-15-8-6-14(7-9-15)18-21-19-11-24-18/h6-9,11-13,16H,3-5,10H2,1-2H3,(H,20,22)/t12-,13+,16-/m1/s1. The predicted octanol–water partition coefficient (Wildman–Crippen LogP) is 3.06. The van der Waals surface area contributed by atoms with E-state index in [0.717, 1.165) is 12.0 Å². The van der Waals surface area contributed by atoms with E-state index in [-0.39, 0.29) is 18.6 Å². The SMILES string of the molecule is C[C@H]1[C@H](C)CCC[C@H]1NC(=O)COc1ccc(-c2nnco2)cc1. The van der Waals surface area contributed by atoms with E-state index in [2.05, 4.69) is 29.4 Å². The molecule has 1 aliphatic rings. The first-order valence-corrected chi connectivity index (χ1v) is 8.42. The number of hydrogen-bond acceptors (Lipinski definition) is 5. The maximum atomic E-state index is 12.1. The van der Waals surface area contributed by atoms with E-state index in [9.17, 15) is 4.79 Å². The van der Waals surface area contributed by atoms with Gasteiger partial charge in [-0.3, -0.25) is 4.79 Å². The van der Waals surface area contributed by atoms with E-state index in [0.29, 0.717) is 23.5 Å². The van der Waals surface area contributed by atoms with Gasteiger partial charge < -0.3 is 14.5 Å². The summed E-state index contributed by atoms with van der Waals surface area (Å²) in [7, 11) is 0. The Balaban J connectivity index is 1.49. The predicted molar refractivity (Wildman–Crippen MR) is 89.3 cm³/mol. The summed E-state index contributed by atoms with van der Waals surface area (Å²) in [4.78, 5) is 12.1. The molecule has 1 saturated carbocycles. The second kappa shape index (κ2) is 7.47. The van der Waals surface area contributed by atoms with E-state index in [1.807, 2.05) is 12.1 Å². The third-order valence-electron chi connectivity index (χ3n) is 4.88. The highest BCUT2D eigenvalue weighted by Gasteiger charge is 2.28. The molecule has 1 fully saturated rings. The Morgan fingerprint density at radius 1 is 1.29 bits per heavy atom. The third-order valence-corrected chi connectivity index (χ3v) is 4.88. The van der Waals surface area contributed by atoms with Crippen molar-refractivity contribution < 1.29 is 13.9 Å². The number of ether oxygens (including phenoxy) is 1. The average molecular weight is 329 g/mol. The van der Waals surface area contributed by atoms with Gasteiger partial charge in [0.25, 0.3) is 5.91 Å². The molecule has 2 aromatic rings. The molecule has 0 bridgehead atoms. The first-order chi connectivity index (χ1) is 11.6. The van der Waals surface area contributed by atoms with Crippen LogP contribution in [-0.4, -0.2) is 28.8 Å². The second-order valence-electron chi connectivity index (χ2n) is 6.50. The Bertz CT molecular complexity index is 655. The number of rotatable bonds is 5. The van der Waals surface area contributed by atoms with Crippen molar-refractivity contribution in [2.75, 3.05) is 6.61 Å². The van der Waals surface area contributed by atoms with Crippen molar-refractivity contribution in [2.24, 2.45) is 11.8 Å². The lowest BCUT2D eigenvalue weighted by Crippen LogP contribution is -2.45. The van der Waals surface area contributed by atoms with Crippen LogP contribution in [0.5, 0.6) is 5.75 Å². The van der Waals surface area contributed by atoms with Crippen LogP contribution in [0.1, 0.15) is 33.1 Å². The Morgan fingerprint density at radius 3 is 2.79 bits per heavy atom. The number of benzene rings is 1. The van der Waals surface area contributed by atoms with E-state index < -0.39 is 0 Å². The molecule has 1 aliphatic carbocycles. The molecule has 0 aliphatic heterocycles. The fourth-order valence-electron chi connectivity index (χ4n) is 3.18. The largest absolute Gasteiger partial charge is 0.484 e. The number of carbonyl (C=O) groups excluding carboxylic acids is 1. The van der Waals surface area contributed by atoms with Gasteiger partial charge in [0.15, 0.2) is 6.61 Å². The summed E-state index contributed by atoms with van der Waals surface area (Å²) < 4.78 is 10.7. The molecular weight excluding hydrogens is 306 g/mol. The summed E-state index contributed by atoms with van der Waals surface area (Å²) >= 11 is 0. The fraction of sp³-hybridized carbons (Fsp3) is 0.500. The van der Waals surface area contributed by atoms with Gasteiger partial charge in [-0.2, -0.15) is 0 Å². The molecule has 24 heavy (non-hydrogen) atoms. The fourth-order valence-corrected chi connectivity index (χ4v) is 3.18. The normalized spacial score (nSPS) is 23.7. The van der Waals surface area contributed by atoms with Crippen LogP contribution in [-0.2, 0) is 4.79 Å². The first-order valence-electron chi connectivity index (χ1n) is 8.42. The van der Waals surface area contributed by atoms with Crippen LogP contribution in [0.15, 0.2) is 35.1 Å². The van der Waals surface area contributed by atoms with Crippen molar-refractivity contribution in [1.29, 1.82) is 0 Å². The van der Waals surface area contributed by atoms with Crippen LogP contribution in [0.4, 0.5) is 0 Å². The van der Waals surface area contributed by atoms with Gasteiger partial charge in [0, 0.05) is 11.6 Å². The monoisotopic (exact) mass is 329 g/mol. The molecule has 3 rings (SSSR count). The highest BCUT2D eigenvalue weighted by molar-refractivity contribution is 5.77. The maximum absolute atomic E-state index is 12.1. The molecule has 0 radical (unpaired) electrons. The zero-order chi connectivity index (χ0) is 16.9. The van der Waals surface area contributed by atoms with Crippen molar-refractivity contribution in [1.82, 2.24) is 15.5 Å². The van der Waals surface area contributed by atoms with Gasteiger partial charge in [-0.1, -0.05) is 26.7 Å². The van der Waals surface area contributed by atoms with Crippen molar-refractivity contribution in [3.8, 4) is 17.2 Å². The summed E-state index contributed by atoms with van der Waals surface area (Å²) in [5.41, 5.74) is 0.814. The minimum Gasteiger partial charge on any atom is -0.484 e. The molecule has 0 unspecified atom stereocenters. The number of carbonyl (C=O) groups is 1. The first kappa shape index (κ1) is 16.5. The van der Waals surface area contributed by atoms with Gasteiger partial charge in [0.1, 0.15) is 5.75 Å². The molecule has 0 spiro atoms. The topological polar surface area (TPSA) is 77.2 Å². The van der Waals surface area contributed by atoms with E-state index in [1.165, 1.54) is 19.2 Å². The molecule has 1 amide bonds. The van der Waals surface area contributed by atoms with Crippen LogP contribution >= 0.6 is 0 Å². The lowest BCUT2D eigenvalue weighted by atomic mass is 9.78. The number of aromatic nitrogens is 2. The van der Waals surface area contributed by atoms with Crippen molar-refractivity contribution in [3.63, 3.8) is 0 Å². The van der Waals surface area contributed by atoms with Crippen LogP contribution < -0.4 is 10.1 Å². The van der Waals surface area contributed by atoms with Crippen LogP contribution in [0.25, 0.3) is 11.5 Å². The number of hydrogen-bond donors (Lipinski definition) is 1. The van der Waals surface area contributed by atoms with Gasteiger partial charge in [-0.05, 0) is 42.5 Å². The van der Waals surface area contributed by atoms with Gasteiger partial charge in [0.2, 0.25) is 12.3 Å². The van der Waals surface area contributed by atoms with E-state index >= 15 is 0 Å². The highest BCUT2D eigenvalue weighted by Crippen LogP contribution is 2.29. The molecule has 0 saturated heterocycles. The zero-order valence-corrected chi connectivity index (χ0v) is 14.1. The molecule has 6 heteroatoms. The van der Waals surface area contributed by atoms with Crippen molar-refractivity contribution >= 4 is 5.91 Å². The number of amides is 1. The lowest BCUT2D eigenvalue weighted by molar-refractivity contribution is -0.124. The summed E-state index contributed by atoms with van der Waals surface area (Å²) in [5.74, 6) is 2.19. The molecule has 1 aromatic carbocycles. The number of nitrogens with one attached hydrogen (secondary N) is 1. The molecule has 1 N–H and O–H groups in total. The summed E-state index contributed by atoms with van der Waals surface area (Å²) in [6.45, 7) is 4.49. The average Bonchev–Trinajstić information content (AvgIpc) is 3.12. The van der Waals surface area contributed by atoms with Gasteiger partial charge in [-0.15, -0.1) is 10.2 Å². The lowest BCUT2D eigenvalue weighted by Gasteiger charge is -2.34. The molecular formula is C18H23N3O3. The van der Waals surface area contributed by atoms with Crippen LogP contribution in [0.3, 0.4) is 0 Å². The Labute approximate surface area is 141 Å². The molecule has 6 nitrogen and oxygen atoms in total. The van der Waals surface area contributed by atoms with Crippen molar-refractivity contribution in [2.45, 2.75) is 39.2 Å². The summed E-state index contributed by atoms with van der Waals surface area (Å²) in [6.07, 6.45) is 4.76. The summed E-state index contributed by atoms with van der Waals surface area (Å²) in [6, 6.07) is 7.48. The molecule has 1 aromatic heterocycles. The Kier molecular flexibility index (Phi) is 5.13. The maximum Gasteiger partial charge on any atom is 0.258 e. The Hall–Kier alpha value is -2.37. The van der Waals surface area contributed by atoms with E-state index in [1.54, 1.807) is 12.1 Å². The Morgan fingerprint density at radius 2 is 2.08 bits per heavy atom. The van der Waals surface area contributed by atoms with E-state index in [4.69, 9.17) is 9.15 Å². The molecule has 1 heterocycles. The minimum atomic E-state index is -0.0677. The molecule has 128 valence electrons. The zero-order valence-electron chi connectivity index (χ0n) is 14.1. The third kappa shape index (κ3) is 3.93. The van der Waals surface area contributed by atoms with Gasteiger partial charge in [-0.25, -0.2) is 0 Å². The molecule has 3 atom stereocenters. The quantitative estimate of drug-likeness (QED) is 0.912. The number of nitrogens with zero attached hydrogens (tertiary/aromatic N) is 2. The van der Waals surface area contributed by atoms with Gasteiger partial charge >= 0.3 is 0 Å². The van der Waals surface area contributed by atoms with Gasteiger partial charge in [0.05, 0.1) is 0 Å². The van der Waals surface area contributed by atoms with Crippen molar-refractivity contribution in [3.05, 3.63) is 30.7 Å². The second-order valence-corrected chi connectivity index (χ2v) is 6.50. The smallest absolute Gasteiger partial charge is 0.258 e. The summed E-state index contributed by atoms with van der Waals surface area (Å²) in [5, 5.41) is 10.6. The highest BCUT2D eigenvalue weighted by atomic mass is 16.5. The van der Waals surface area contributed by atoms with Crippen LogP contribution in [0, 0.1) is 11.8 Å². The minimum absolute atomic E-state index is 0.0253.